The zero-order chi connectivity index (χ0) is 24.9. The van der Waals surface area contributed by atoms with Gasteiger partial charge in [0.2, 0.25) is 0 Å². The van der Waals surface area contributed by atoms with Crippen LogP contribution in [-0.4, -0.2) is 55.0 Å². The first kappa shape index (κ1) is 26.0. The number of halogens is 3. The lowest BCUT2D eigenvalue weighted by atomic mass is 9.96. The highest BCUT2D eigenvalue weighted by molar-refractivity contribution is 5.94. The molecule has 0 saturated carbocycles. The quantitative estimate of drug-likeness (QED) is 0.546. The molecule has 1 fully saturated rings. The van der Waals surface area contributed by atoms with Crippen LogP contribution in [0, 0.1) is 13.8 Å². The van der Waals surface area contributed by atoms with Crippen molar-refractivity contribution in [2.24, 2.45) is 5.73 Å². The van der Waals surface area contributed by atoms with E-state index in [-0.39, 0.29) is 17.5 Å². The van der Waals surface area contributed by atoms with Crippen LogP contribution in [0.4, 0.5) is 13.2 Å². The number of benzene rings is 2. The first-order valence-corrected chi connectivity index (χ1v) is 11.8. The lowest BCUT2D eigenvalue weighted by Crippen LogP contribution is -2.49. The number of unbranched alkanes of at least 4 members (excludes halogenated alkanes) is 1. The summed E-state index contributed by atoms with van der Waals surface area (Å²) in [7, 11) is 0. The maximum Gasteiger partial charge on any atom is 0.416 e. The lowest BCUT2D eigenvalue weighted by Gasteiger charge is -2.39. The van der Waals surface area contributed by atoms with E-state index >= 15 is 0 Å². The van der Waals surface area contributed by atoms with Gasteiger partial charge in [0.05, 0.1) is 12.2 Å². The normalized spacial score (nSPS) is 15.9. The van der Waals surface area contributed by atoms with Gasteiger partial charge in [-0.3, -0.25) is 9.69 Å². The SMILES string of the molecule is Cc1c(OCCCCN)ccc(C(C)N2CCN(C(=O)c3ccc(C(F)(F)F)cc3)CC2)c1C. The molecule has 2 aromatic carbocycles. The largest absolute Gasteiger partial charge is 0.493 e. The van der Waals surface area contributed by atoms with Crippen LogP contribution in [0.2, 0.25) is 0 Å². The van der Waals surface area contributed by atoms with E-state index in [4.69, 9.17) is 10.5 Å². The van der Waals surface area contributed by atoms with E-state index < -0.39 is 11.7 Å². The third kappa shape index (κ3) is 6.10. The monoisotopic (exact) mass is 477 g/mol. The number of hydrogen-bond donors (Lipinski definition) is 1. The molecule has 0 aliphatic carbocycles. The van der Waals surface area contributed by atoms with Crippen molar-refractivity contribution in [1.82, 2.24) is 9.80 Å². The summed E-state index contributed by atoms with van der Waals surface area (Å²) in [6.45, 7) is 10.1. The molecule has 1 aliphatic rings. The maximum atomic E-state index is 12.8. The Hall–Kier alpha value is -2.58. The van der Waals surface area contributed by atoms with E-state index in [0.29, 0.717) is 39.3 Å². The Morgan fingerprint density at radius 3 is 2.24 bits per heavy atom. The zero-order valence-corrected chi connectivity index (χ0v) is 20.1. The van der Waals surface area contributed by atoms with Crippen molar-refractivity contribution in [2.75, 3.05) is 39.3 Å². The minimum atomic E-state index is -4.41. The fourth-order valence-corrected chi connectivity index (χ4v) is 4.35. The standard InChI is InChI=1S/C26H34F3N3O2/c1-18-19(2)24(34-17-5-4-12-30)11-10-23(18)20(3)31-13-15-32(16-14-31)25(33)21-6-8-22(9-7-21)26(27,28)29/h6-11,20H,4-5,12-17,30H2,1-3H3. The lowest BCUT2D eigenvalue weighted by molar-refractivity contribution is -0.137. The topological polar surface area (TPSA) is 58.8 Å². The molecular formula is C26H34F3N3O2. The average Bonchev–Trinajstić information content (AvgIpc) is 2.83. The molecule has 1 amide bonds. The second-order valence-corrected chi connectivity index (χ2v) is 8.83. The highest BCUT2D eigenvalue weighted by Gasteiger charge is 2.31. The number of nitrogens with zero attached hydrogens (tertiary/aromatic N) is 2. The van der Waals surface area contributed by atoms with Crippen LogP contribution in [0.3, 0.4) is 0 Å². The summed E-state index contributed by atoms with van der Waals surface area (Å²) in [5, 5.41) is 0. The maximum absolute atomic E-state index is 12.8. The molecule has 1 unspecified atom stereocenters. The summed E-state index contributed by atoms with van der Waals surface area (Å²) < 4.78 is 44.3. The predicted octanol–water partition coefficient (Wildman–Crippen LogP) is 4.96. The molecule has 8 heteroatoms. The minimum absolute atomic E-state index is 0.174. The van der Waals surface area contributed by atoms with Gasteiger partial charge in [-0.05, 0) is 87.2 Å². The Morgan fingerprint density at radius 2 is 1.65 bits per heavy atom. The molecular weight excluding hydrogens is 443 g/mol. The van der Waals surface area contributed by atoms with Crippen molar-refractivity contribution < 1.29 is 22.7 Å². The van der Waals surface area contributed by atoms with E-state index in [9.17, 15) is 18.0 Å². The fourth-order valence-electron chi connectivity index (χ4n) is 4.35. The third-order valence-electron chi connectivity index (χ3n) is 6.69. The van der Waals surface area contributed by atoms with Gasteiger partial charge in [-0.15, -0.1) is 0 Å². The molecule has 0 radical (unpaired) electrons. The number of amides is 1. The number of carbonyl (C=O) groups excluding carboxylic acids is 1. The minimum Gasteiger partial charge on any atom is -0.493 e. The number of ether oxygens (including phenoxy) is 1. The molecule has 1 aliphatic heterocycles. The van der Waals surface area contributed by atoms with Crippen molar-refractivity contribution in [1.29, 1.82) is 0 Å². The van der Waals surface area contributed by atoms with Crippen LogP contribution < -0.4 is 10.5 Å². The first-order chi connectivity index (χ1) is 16.1. The van der Waals surface area contributed by atoms with Gasteiger partial charge >= 0.3 is 6.18 Å². The van der Waals surface area contributed by atoms with Gasteiger partial charge in [-0.25, -0.2) is 0 Å². The van der Waals surface area contributed by atoms with Gasteiger partial charge in [-0.1, -0.05) is 6.07 Å². The summed E-state index contributed by atoms with van der Waals surface area (Å²) >= 11 is 0. The number of hydrogen-bond acceptors (Lipinski definition) is 4. The highest BCUT2D eigenvalue weighted by Crippen LogP contribution is 2.32. The molecule has 3 rings (SSSR count). The molecule has 0 aromatic heterocycles. The van der Waals surface area contributed by atoms with Crippen molar-refractivity contribution in [3.05, 3.63) is 64.2 Å². The Labute approximate surface area is 199 Å². The van der Waals surface area contributed by atoms with Gasteiger partial charge in [0.15, 0.2) is 0 Å². The summed E-state index contributed by atoms with van der Waals surface area (Å²) in [5.74, 6) is 0.668. The van der Waals surface area contributed by atoms with Crippen LogP contribution in [0.15, 0.2) is 36.4 Å². The molecule has 1 saturated heterocycles. The third-order valence-corrected chi connectivity index (χ3v) is 6.69. The van der Waals surface area contributed by atoms with Gasteiger partial charge in [0.25, 0.3) is 5.91 Å². The number of rotatable bonds is 8. The predicted molar refractivity (Wildman–Crippen MR) is 127 cm³/mol. The van der Waals surface area contributed by atoms with Crippen LogP contribution in [-0.2, 0) is 6.18 Å². The molecule has 34 heavy (non-hydrogen) atoms. The van der Waals surface area contributed by atoms with Crippen LogP contribution in [0.1, 0.15) is 58.4 Å². The average molecular weight is 478 g/mol. The van der Waals surface area contributed by atoms with Gasteiger partial charge in [0, 0.05) is 37.8 Å². The molecule has 5 nitrogen and oxygen atoms in total. The molecule has 0 spiro atoms. The molecule has 2 aromatic rings. The van der Waals surface area contributed by atoms with Gasteiger partial charge < -0.3 is 15.4 Å². The van der Waals surface area contributed by atoms with Crippen LogP contribution in [0.25, 0.3) is 0 Å². The summed E-state index contributed by atoms with van der Waals surface area (Å²) in [5.41, 5.74) is 8.64. The van der Waals surface area contributed by atoms with Crippen LogP contribution >= 0.6 is 0 Å². The van der Waals surface area contributed by atoms with Gasteiger partial charge in [0.1, 0.15) is 5.75 Å². The molecule has 1 atom stereocenters. The van der Waals surface area contributed by atoms with Gasteiger partial charge in [-0.2, -0.15) is 13.2 Å². The molecule has 0 bridgehead atoms. The molecule has 2 N–H and O–H groups in total. The summed E-state index contributed by atoms with van der Waals surface area (Å²) in [6.07, 6.45) is -2.53. The van der Waals surface area contributed by atoms with Crippen molar-refractivity contribution in [3.8, 4) is 5.75 Å². The van der Waals surface area contributed by atoms with Crippen molar-refractivity contribution in [2.45, 2.75) is 45.8 Å². The second-order valence-electron chi connectivity index (χ2n) is 8.83. The van der Waals surface area contributed by atoms with Crippen molar-refractivity contribution >= 4 is 5.91 Å². The molecule has 186 valence electrons. The van der Waals surface area contributed by atoms with E-state index in [2.05, 4.69) is 31.7 Å². The number of carbonyl (C=O) groups is 1. The fraction of sp³-hybridized carbons (Fsp3) is 0.500. The van der Waals surface area contributed by atoms with E-state index in [1.807, 2.05) is 6.07 Å². The summed E-state index contributed by atoms with van der Waals surface area (Å²) in [6, 6.07) is 8.75. The highest BCUT2D eigenvalue weighted by atomic mass is 19.4. The Morgan fingerprint density at radius 1 is 1.00 bits per heavy atom. The zero-order valence-electron chi connectivity index (χ0n) is 20.1. The van der Waals surface area contributed by atoms with Crippen molar-refractivity contribution in [3.63, 3.8) is 0 Å². The van der Waals surface area contributed by atoms with Crippen LogP contribution in [0.5, 0.6) is 5.75 Å². The summed E-state index contributed by atoms with van der Waals surface area (Å²) in [4.78, 5) is 16.8. The number of nitrogens with two attached hydrogens (primary N) is 1. The number of alkyl halides is 3. The van der Waals surface area contributed by atoms with E-state index in [1.54, 1.807) is 4.90 Å². The van der Waals surface area contributed by atoms with E-state index in [1.165, 1.54) is 23.3 Å². The smallest absolute Gasteiger partial charge is 0.416 e. The Kier molecular flexibility index (Phi) is 8.60. The van der Waals surface area contributed by atoms with E-state index in [0.717, 1.165) is 36.3 Å². The first-order valence-electron chi connectivity index (χ1n) is 11.8. The number of piperazine rings is 1. The Bertz CT molecular complexity index is 968. The molecule has 1 heterocycles. The Balaban J connectivity index is 1.59. The second kappa shape index (κ2) is 11.2.